The molecule has 0 bridgehead atoms. The minimum absolute atomic E-state index is 0.0950. The molecule has 1 fully saturated rings. The van der Waals surface area contributed by atoms with E-state index in [1.54, 1.807) is 7.05 Å². The summed E-state index contributed by atoms with van der Waals surface area (Å²) in [5, 5.41) is 2.89. The molecular formula is C11H17N5O3S. The van der Waals surface area contributed by atoms with Gasteiger partial charge in [0.2, 0.25) is 5.91 Å². The highest BCUT2D eigenvalue weighted by molar-refractivity contribution is 8.14. The van der Waals surface area contributed by atoms with E-state index in [-0.39, 0.29) is 11.7 Å². The molecule has 0 saturated carbocycles. The summed E-state index contributed by atoms with van der Waals surface area (Å²) in [7, 11) is 1.59. The standard InChI is InChI=1S/C11H17N5O3S/c1-3-4-16-7-8(13-11(16)20-5-6(12)17)15(2)10(19)14-9(7)18/h7-8H,3-5H2,1-2H3,(H2,12,17)(H,14,18,19). The lowest BCUT2D eigenvalue weighted by Crippen LogP contribution is -2.63. The second kappa shape index (κ2) is 5.70. The number of nitrogens with one attached hydrogen (secondary N) is 1. The maximum absolute atomic E-state index is 12.0. The van der Waals surface area contributed by atoms with Crippen LogP contribution >= 0.6 is 11.8 Å². The Bertz CT molecular complexity index is 481. The third-order valence-corrected chi connectivity index (χ3v) is 4.16. The number of likely N-dealkylation sites (N-methyl/N-ethyl adjacent to an activating group) is 1. The highest BCUT2D eigenvalue weighted by Gasteiger charge is 2.48. The zero-order valence-electron chi connectivity index (χ0n) is 11.3. The SMILES string of the molecule is CCCN1C(SCC(N)=O)=NC2C1C(=O)NC(=O)N2C. The zero-order chi connectivity index (χ0) is 14.9. The first-order valence-electron chi connectivity index (χ1n) is 6.29. The Kier molecular flexibility index (Phi) is 4.17. The number of amides is 4. The lowest BCUT2D eigenvalue weighted by atomic mass is 10.1. The van der Waals surface area contributed by atoms with E-state index < -0.39 is 24.1 Å². The number of carbonyl (C=O) groups is 3. The van der Waals surface area contributed by atoms with E-state index in [4.69, 9.17) is 5.73 Å². The van der Waals surface area contributed by atoms with Gasteiger partial charge in [0.1, 0.15) is 0 Å². The Labute approximate surface area is 120 Å². The number of imide groups is 1. The first-order chi connectivity index (χ1) is 9.45. The monoisotopic (exact) mass is 299 g/mol. The highest BCUT2D eigenvalue weighted by Crippen LogP contribution is 2.28. The van der Waals surface area contributed by atoms with E-state index in [0.717, 1.165) is 6.42 Å². The number of carbonyl (C=O) groups excluding carboxylic acids is 3. The molecule has 1 saturated heterocycles. The van der Waals surface area contributed by atoms with Gasteiger partial charge in [-0.25, -0.2) is 9.79 Å². The Morgan fingerprint density at radius 3 is 2.80 bits per heavy atom. The number of nitrogens with zero attached hydrogens (tertiary/aromatic N) is 3. The van der Waals surface area contributed by atoms with Crippen molar-refractivity contribution in [3.8, 4) is 0 Å². The predicted octanol–water partition coefficient (Wildman–Crippen LogP) is -0.837. The van der Waals surface area contributed by atoms with Gasteiger partial charge in [-0.05, 0) is 6.42 Å². The lowest BCUT2D eigenvalue weighted by Gasteiger charge is -2.36. The van der Waals surface area contributed by atoms with Crippen LogP contribution in [-0.4, -0.2) is 64.4 Å². The minimum atomic E-state index is -0.543. The van der Waals surface area contributed by atoms with Crippen molar-refractivity contribution < 1.29 is 14.4 Å². The number of urea groups is 1. The smallest absolute Gasteiger partial charge is 0.325 e. The van der Waals surface area contributed by atoms with Crippen LogP contribution in [-0.2, 0) is 9.59 Å². The molecule has 0 spiro atoms. The lowest BCUT2D eigenvalue weighted by molar-refractivity contribution is -0.127. The van der Waals surface area contributed by atoms with Gasteiger partial charge in [0.15, 0.2) is 17.4 Å². The molecule has 2 rings (SSSR count). The van der Waals surface area contributed by atoms with Crippen molar-refractivity contribution in [3.63, 3.8) is 0 Å². The van der Waals surface area contributed by atoms with Gasteiger partial charge in [-0.15, -0.1) is 0 Å². The molecule has 2 heterocycles. The third kappa shape index (κ3) is 2.58. The van der Waals surface area contributed by atoms with Crippen LogP contribution in [0.4, 0.5) is 4.79 Å². The minimum Gasteiger partial charge on any atom is -0.369 e. The van der Waals surface area contributed by atoms with E-state index in [0.29, 0.717) is 11.7 Å². The first kappa shape index (κ1) is 14.6. The van der Waals surface area contributed by atoms with Gasteiger partial charge in [-0.3, -0.25) is 14.9 Å². The number of hydrogen-bond acceptors (Lipinski definition) is 6. The molecule has 3 N–H and O–H groups in total. The molecule has 2 unspecified atom stereocenters. The Hall–Kier alpha value is -1.77. The second-order valence-corrected chi connectivity index (χ2v) is 5.57. The summed E-state index contributed by atoms with van der Waals surface area (Å²) < 4.78 is 0. The molecule has 2 aliphatic heterocycles. The summed E-state index contributed by atoms with van der Waals surface area (Å²) >= 11 is 1.19. The Morgan fingerprint density at radius 1 is 1.50 bits per heavy atom. The number of thioether (sulfide) groups is 1. The second-order valence-electron chi connectivity index (χ2n) is 4.62. The normalized spacial score (nSPS) is 25.4. The van der Waals surface area contributed by atoms with Crippen LogP contribution in [0.2, 0.25) is 0 Å². The molecule has 4 amide bonds. The van der Waals surface area contributed by atoms with Gasteiger partial charge in [0.25, 0.3) is 5.91 Å². The van der Waals surface area contributed by atoms with Crippen LogP contribution in [0.25, 0.3) is 0 Å². The van der Waals surface area contributed by atoms with Crippen molar-refractivity contribution in [1.82, 2.24) is 15.1 Å². The van der Waals surface area contributed by atoms with E-state index in [1.165, 1.54) is 16.7 Å². The summed E-state index contributed by atoms with van der Waals surface area (Å²) in [4.78, 5) is 42.2. The van der Waals surface area contributed by atoms with E-state index in [2.05, 4.69) is 10.3 Å². The zero-order valence-corrected chi connectivity index (χ0v) is 12.1. The number of aliphatic imine (C=N–C) groups is 1. The predicted molar refractivity (Wildman–Crippen MR) is 75.0 cm³/mol. The van der Waals surface area contributed by atoms with Crippen LogP contribution in [0.5, 0.6) is 0 Å². The number of nitrogens with two attached hydrogens (primary N) is 1. The van der Waals surface area contributed by atoms with Gasteiger partial charge in [0.05, 0.1) is 5.75 Å². The highest BCUT2D eigenvalue weighted by atomic mass is 32.2. The molecule has 0 aromatic carbocycles. The molecular weight excluding hydrogens is 282 g/mol. The summed E-state index contributed by atoms with van der Waals surface area (Å²) in [6.07, 6.45) is 0.280. The quantitative estimate of drug-likeness (QED) is 0.704. The van der Waals surface area contributed by atoms with Crippen molar-refractivity contribution in [2.75, 3.05) is 19.3 Å². The Morgan fingerprint density at radius 2 is 2.20 bits per heavy atom. The molecule has 0 aliphatic carbocycles. The molecule has 0 aromatic heterocycles. The third-order valence-electron chi connectivity index (χ3n) is 3.13. The van der Waals surface area contributed by atoms with Crippen LogP contribution in [0, 0.1) is 0 Å². The van der Waals surface area contributed by atoms with Crippen LogP contribution in [0.1, 0.15) is 13.3 Å². The van der Waals surface area contributed by atoms with Crippen molar-refractivity contribution in [2.45, 2.75) is 25.6 Å². The molecule has 20 heavy (non-hydrogen) atoms. The summed E-state index contributed by atoms with van der Waals surface area (Å²) in [6, 6.07) is -0.995. The number of fused-ring (bicyclic) bond motifs is 1. The van der Waals surface area contributed by atoms with Gasteiger partial charge >= 0.3 is 6.03 Å². The molecule has 2 aliphatic rings. The van der Waals surface area contributed by atoms with Crippen LogP contribution < -0.4 is 11.1 Å². The maximum Gasteiger partial charge on any atom is 0.325 e. The van der Waals surface area contributed by atoms with Gasteiger partial charge in [-0.2, -0.15) is 0 Å². The number of primary amides is 1. The maximum atomic E-state index is 12.0. The molecule has 9 heteroatoms. The van der Waals surface area contributed by atoms with Crippen LogP contribution in [0.3, 0.4) is 0 Å². The summed E-state index contributed by atoms with van der Waals surface area (Å²) in [5.74, 6) is -0.708. The fourth-order valence-corrected chi connectivity index (χ4v) is 3.06. The molecule has 2 atom stereocenters. The number of hydrogen-bond donors (Lipinski definition) is 2. The average molecular weight is 299 g/mol. The van der Waals surface area contributed by atoms with Crippen molar-refractivity contribution in [2.24, 2.45) is 10.7 Å². The number of rotatable bonds is 4. The molecule has 0 aromatic rings. The number of amidine groups is 1. The Balaban J connectivity index is 2.24. The van der Waals surface area contributed by atoms with E-state index in [1.807, 2.05) is 11.8 Å². The summed E-state index contributed by atoms with van der Waals surface area (Å²) in [6.45, 7) is 2.61. The van der Waals surface area contributed by atoms with Crippen molar-refractivity contribution in [3.05, 3.63) is 0 Å². The average Bonchev–Trinajstić information content (AvgIpc) is 2.74. The van der Waals surface area contributed by atoms with Crippen molar-refractivity contribution in [1.29, 1.82) is 0 Å². The van der Waals surface area contributed by atoms with Gasteiger partial charge in [0, 0.05) is 13.6 Å². The molecule has 110 valence electrons. The van der Waals surface area contributed by atoms with Crippen LogP contribution in [0.15, 0.2) is 4.99 Å². The van der Waals surface area contributed by atoms with Gasteiger partial charge in [-0.1, -0.05) is 18.7 Å². The largest absolute Gasteiger partial charge is 0.369 e. The topological polar surface area (TPSA) is 108 Å². The van der Waals surface area contributed by atoms with E-state index >= 15 is 0 Å². The first-order valence-corrected chi connectivity index (χ1v) is 7.27. The molecule has 0 radical (unpaired) electrons. The fraction of sp³-hybridized carbons (Fsp3) is 0.636. The molecule has 8 nitrogen and oxygen atoms in total. The van der Waals surface area contributed by atoms with Gasteiger partial charge < -0.3 is 15.5 Å². The summed E-state index contributed by atoms with van der Waals surface area (Å²) in [5.41, 5.74) is 5.14. The fourth-order valence-electron chi connectivity index (χ4n) is 2.23. The van der Waals surface area contributed by atoms with E-state index in [9.17, 15) is 14.4 Å². The van der Waals surface area contributed by atoms with Crippen molar-refractivity contribution >= 4 is 34.8 Å².